The minimum Gasteiger partial charge on any atom is -0.347 e. The summed E-state index contributed by atoms with van der Waals surface area (Å²) in [5.41, 5.74) is 1.50. The first kappa shape index (κ1) is 16.0. The molecule has 1 aliphatic carbocycles. The summed E-state index contributed by atoms with van der Waals surface area (Å²) in [5, 5.41) is 0. The minimum atomic E-state index is -0.527. The van der Waals surface area contributed by atoms with Gasteiger partial charge in [-0.15, -0.1) is 0 Å². The maximum absolute atomic E-state index is 6.21. The first-order valence-electron chi connectivity index (χ1n) is 7.54. The van der Waals surface area contributed by atoms with E-state index in [4.69, 9.17) is 9.47 Å². The number of alkyl halides is 2. The maximum atomic E-state index is 6.21. The summed E-state index contributed by atoms with van der Waals surface area (Å²) in [4.78, 5) is 0.397. The molecule has 4 heteroatoms. The Hall–Kier alpha value is 0.1000. The second kappa shape index (κ2) is 5.95. The van der Waals surface area contributed by atoms with Crippen LogP contribution in [0.2, 0.25) is 0 Å². The highest BCUT2D eigenvalue weighted by molar-refractivity contribution is 9.10. The smallest absolute Gasteiger partial charge is 0.193 e. The van der Waals surface area contributed by atoms with Crippen LogP contribution >= 0.6 is 31.9 Å². The summed E-state index contributed by atoms with van der Waals surface area (Å²) in [6, 6.07) is 10.7. The number of ether oxygens (including phenoxy) is 2. The average Bonchev–Trinajstić information content (AvgIpc) is 2.47. The van der Waals surface area contributed by atoms with Crippen LogP contribution in [0.15, 0.2) is 30.3 Å². The zero-order chi connectivity index (χ0) is 15.1. The van der Waals surface area contributed by atoms with Gasteiger partial charge in [-0.2, -0.15) is 0 Å². The van der Waals surface area contributed by atoms with Gasteiger partial charge in [-0.3, -0.25) is 0 Å². The molecule has 3 rings (SSSR count). The molecule has 0 radical (unpaired) electrons. The molecule has 0 N–H and O–H groups in total. The minimum absolute atomic E-state index is 0.0982. The molecule has 2 nitrogen and oxygen atoms in total. The van der Waals surface area contributed by atoms with E-state index < -0.39 is 5.79 Å². The monoisotopic (exact) mass is 416 g/mol. The van der Waals surface area contributed by atoms with E-state index in [1.807, 2.05) is 0 Å². The number of rotatable bonds is 1. The third-order valence-corrected chi connectivity index (χ3v) is 6.53. The van der Waals surface area contributed by atoms with E-state index in [0.717, 1.165) is 26.1 Å². The predicted octanol–water partition coefficient (Wildman–Crippen LogP) is 4.86. The summed E-state index contributed by atoms with van der Waals surface area (Å²) < 4.78 is 12.4. The zero-order valence-corrected chi connectivity index (χ0v) is 15.7. The molecule has 1 saturated carbocycles. The Balaban J connectivity index is 1.76. The van der Waals surface area contributed by atoms with Crippen molar-refractivity contribution >= 4 is 31.9 Å². The van der Waals surface area contributed by atoms with Gasteiger partial charge in [0.15, 0.2) is 5.79 Å². The highest BCUT2D eigenvalue weighted by Gasteiger charge is 2.54. The van der Waals surface area contributed by atoms with E-state index in [1.54, 1.807) is 0 Å². The van der Waals surface area contributed by atoms with E-state index >= 15 is 0 Å². The van der Waals surface area contributed by atoms with Crippen molar-refractivity contribution in [3.8, 4) is 0 Å². The maximum Gasteiger partial charge on any atom is 0.193 e. The highest BCUT2D eigenvalue weighted by Crippen LogP contribution is 2.49. The summed E-state index contributed by atoms with van der Waals surface area (Å²) in [5.74, 6) is 0.00793. The number of halogens is 2. The zero-order valence-electron chi connectivity index (χ0n) is 12.5. The van der Waals surface area contributed by atoms with Gasteiger partial charge in [0.25, 0.3) is 0 Å². The van der Waals surface area contributed by atoms with E-state index in [9.17, 15) is 0 Å². The lowest BCUT2D eigenvalue weighted by atomic mass is 9.80. The molecule has 1 heterocycles. The fourth-order valence-corrected chi connectivity index (χ4v) is 5.60. The van der Waals surface area contributed by atoms with Crippen LogP contribution < -0.4 is 0 Å². The molecule has 1 aromatic rings. The van der Waals surface area contributed by atoms with Crippen molar-refractivity contribution in [3.05, 3.63) is 35.9 Å². The third kappa shape index (κ3) is 3.10. The molecule has 1 aromatic carbocycles. The van der Waals surface area contributed by atoms with Crippen molar-refractivity contribution in [1.82, 2.24) is 0 Å². The SMILES string of the molecule is CC1(C)COC2(OC1)[C@H](Br)CC(c1ccccc1)C[C@H]2Br. The van der Waals surface area contributed by atoms with Crippen molar-refractivity contribution < 1.29 is 9.47 Å². The van der Waals surface area contributed by atoms with Gasteiger partial charge in [-0.1, -0.05) is 76.0 Å². The van der Waals surface area contributed by atoms with E-state index in [1.165, 1.54) is 5.56 Å². The predicted molar refractivity (Wildman–Crippen MR) is 92.3 cm³/mol. The van der Waals surface area contributed by atoms with Crippen LogP contribution in [-0.4, -0.2) is 28.7 Å². The van der Waals surface area contributed by atoms with Gasteiger partial charge in [0.1, 0.15) is 0 Å². The lowest BCUT2D eigenvalue weighted by Crippen LogP contribution is -2.60. The lowest BCUT2D eigenvalue weighted by Gasteiger charge is -2.51. The van der Waals surface area contributed by atoms with Crippen molar-refractivity contribution in [2.75, 3.05) is 13.2 Å². The quantitative estimate of drug-likeness (QED) is 0.607. The Kier molecular flexibility index (Phi) is 4.53. The molecule has 0 aromatic heterocycles. The summed E-state index contributed by atoms with van der Waals surface area (Å²) in [7, 11) is 0. The van der Waals surface area contributed by atoms with E-state index in [0.29, 0.717) is 5.92 Å². The summed E-state index contributed by atoms with van der Waals surface area (Å²) >= 11 is 7.69. The molecule has 2 aliphatic rings. The standard InChI is InChI=1S/C17H22Br2O2/c1-16(2)10-20-17(21-11-16)14(18)8-13(9-15(17)19)12-6-4-3-5-7-12/h3-7,13-15H,8-11H2,1-2H3/t14-,15-/m1/s1. The number of hydrogen-bond acceptors (Lipinski definition) is 2. The summed E-state index contributed by atoms with van der Waals surface area (Å²) in [6.45, 7) is 5.85. The van der Waals surface area contributed by atoms with Crippen LogP contribution in [0.25, 0.3) is 0 Å². The average molecular weight is 418 g/mol. The van der Waals surface area contributed by atoms with Crippen LogP contribution in [0.3, 0.4) is 0 Å². The molecule has 1 spiro atoms. The highest BCUT2D eigenvalue weighted by atomic mass is 79.9. The first-order valence-corrected chi connectivity index (χ1v) is 9.37. The molecular formula is C17H22Br2O2. The Morgan fingerprint density at radius 1 is 0.952 bits per heavy atom. The van der Waals surface area contributed by atoms with E-state index in [2.05, 4.69) is 76.0 Å². The first-order chi connectivity index (χ1) is 9.93. The fourth-order valence-electron chi connectivity index (χ4n) is 3.18. The molecular weight excluding hydrogens is 396 g/mol. The number of hydrogen-bond donors (Lipinski definition) is 0. The topological polar surface area (TPSA) is 18.5 Å². The van der Waals surface area contributed by atoms with Gasteiger partial charge in [0.05, 0.1) is 22.9 Å². The van der Waals surface area contributed by atoms with Crippen LogP contribution in [-0.2, 0) is 9.47 Å². The van der Waals surface area contributed by atoms with Gasteiger partial charge in [-0.05, 0) is 24.3 Å². The molecule has 2 atom stereocenters. The normalized spacial score (nSPS) is 34.8. The molecule has 1 saturated heterocycles. The van der Waals surface area contributed by atoms with Crippen molar-refractivity contribution in [1.29, 1.82) is 0 Å². The molecule has 116 valence electrons. The molecule has 0 bridgehead atoms. The molecule has 0 unspecified atom stereocenters. The fraction of sp³-hybridized carbons (Fsp3) is 0.647. The van der Waals surface area contributed by atoms with Gasteiger partial charge < -0.3 is 9.47 Å². The second-order valence-electron chi connectivity index (χ2n) is 6.98. The summed E-state index contributed by atoms with van der Waals surface area (Å²) in [6.07, 6.45) is 2.07. The Labute approximate surface area is 143 Å². The van der Waals surface area contributed by atoms with Gasteiger partial charge >= 0.3 is 0 Å². The largest absolute Gasteiger partial charge is 0.347 e. The third-order valence-electron chi connectivity index (χ3n) is 4.50. The van der Waals surface area contributed by atoms with Crippen molar-refractivity contribution in [2.45, 2.75) is 48.0 Å². The van der Waals surface area contributed by atoms with Crippen LogP contribution in [0.1, 0.15) is 38.2 Å². The van der Waals surface area contributed by atoms with Gasteiger partial charge in [0.2, 0.25) is 0 Å². The molecule has 0 amide bonds. The Morgan fingerprint density at radius 3 is 2.00 bits per heavy atom. The number of benzene rings is 1. The molecule has 2 fully saturated rings. The van der Waals surface area contributed by atoms with Crippen LogP contribution in [0.5, 0.6) is 0 Å². The Morgan fingerprint density at radius 2 is 1.48 bits per heavy atom. The van der Waals surface area contributed by atoms with Crippen LogP contribution in [0.4, 0.5) is 0 Å². The Bertz CT molecular complexity index is 465. The van der Waals surface area contributed by atoms with Gasteiger partial charge in [0, 0.05) is 5.41 Å². The lowest BCUT2D eigenvalue weighted by molar-refractivity contribution is -0.302. The van der Waals surface area contributed by atoms with E-state index in [-0.39, 0.29) is 15.1 Å². The second-order valence-corrected chi connectivity index (χ2v) is 9.19. The van der Waals surface area contributed by atoms with Crippen molar-refractivity contribution in [3.63, 3.8) is 0 Å². The van der Waals surface area contributed by atoms with Gasteiger partial charge in [-0.25, -0.2) is 0 Å². The molecule has 21 heavy (non-hydrogen) atoms. The van der Waals surface area contributed by atoms with Crippen LogP contribution in [0, 0.1) is 5.41 Å². The molecule has 1 aliphatic heterocycles. The van der Waals surface area contributed by atoms with Crippen molar-refractivity contribution in [2.24, 2.45) is 5.41 Å².